The number of hydrogen-bond acceptors (Lipinski definition) is 2. The van der Waals surface area contributed by atoms with Crippen molar-refractivity contribution in [2.45, 2.75) is 38.8 Å². The molecule has 0 saturated carbocycles. The summed E-state index contributed by atoms with van der Waals surface area (Å²) in [6.07, 6.45) is 2.21. The summed E-state index contributed by atoms with van der Waals surface area (Å²) in [6, 6.07) is 5.49. The first-order valence-corrected chi connectivity index (χ1v) is 7.17. The van der Waals surface area contributed by atoms with Crippen molar-refractivity contribution in [1.29, 1.82) is 0 Å². The van der Waals surface area contributed by atoms with Crippen molar-refractivity contribution in [2.24, 2.45) is 5.73 Å². The van der Waals surface area contributed by atoms with Crippen LogP contribution in [-0.2, 0) is 0 Å². The van der Waals surface area contributed by atoms with Gasteiger partial charge in [0.2, 0.25) is 0 Å². The summed E-state index contributed by atoms with van der Waals surface area (Å²) in [6.45, 7) is 4.73. The normalized spacial score (nSPS) is 14.8. The third kappa shape index (κ3) is 3.77. The molecule has 0 fully saturated rings. The summed E-state index contributed by atoms with van der Waals surface area (Å²) in [5.41, 5.74) is 6.50. The van der Waals surface area contributed by atoms with Crippen LogP contribution in [0, 0.1) is 5.82 Å². The maximum absolute atomic E-state index is 14.0. The Morgan fingerprint density at radius 2 is 2.11 bits per heavy atom. The number of likely N-dealkylation sites (N-methyl/N-ethyl adjacent to an activating group) is 1. The Bertz CT molecular complexity index is 384. The Hall–Kier alpha value is -0.450. The largest absolute Gasteiger partial charge is 0.329 e. The fourth-order valence-electron chi connectivity index (χ4n) is 2.21. The highest BCUT2D eigenvalue weighted by atomic mass is 79.9. The van der Waals surface area contributed by atoms with E-state index in [9.17, 15) is 4.39 Å². The minimum absolute atomic E-state index is 0.0698. The Labute approximate surface area is 117 Å². The predicted molar refractivity (Wildman–Crippen MR) is 78.0 cm³/mol. The Balaban J connectivity index is 2.94. The lowest BCUT2D eigenvalue weighted by Gasteiger charge is -2.33. The van der Waals surface area contributed by atoms with Gasteiger partial charge in [-0.2, -0.15) is 0 Å². The van der Waals surface area contributed by atoms with E-state index in [1.165, 1.54) is 6.07 Å². The summed E-state index contributed by atoms with van der Waals surface area (Å²) in [5, 5.41) is 0. The van der Waals surface area contributed by atoms with Crippen molar-refractivity contribution in [3.05, 3.63) is 34.1 Å². The molecule has 1 rings (SSSR count). The van der Waals surface area contributed by atoms with E-state index in [4.69, 9.17) is 5.73 Å². The number of benzene rings is 1. The van der Waals surface area contributed by atoms with E-state index in [0.29, 0.717) is 18.2 Å². The molecule has 0 radical (unpaired) electrons. The minimum Gasteiger partial charge on any atom is -0.329 e. The van der Waals surface area contributed by atoms with Crippen LogP contribution >= 0.6 is 15.9 Å². The van der Waals surface area contributed by atoms with Crippen LogP contribution in [0.5, 0.6) is 0 Å². The van der Waals surface area contributed by atoms with Crippen molar-refractivity contribution >= 4 is 15.9 Å². The molecule has 2 atom stereocenters. The first kappa shape index (κ1) is 15.6. The van der Waals surface area contributed by atoms with Gasteiger partial charge in [-0.1, -0.05) is 35.3 Å². The molecule has 0 saturated heterocycles. The third-order valence-electron chi connectivity index (χ3n) is 3.44. The molecule has 2 nitrogen and oxygen atoms in total. The van der Waals surface area contributed by atoms with Crippen LogP contribution in [0.4, 0.5) is 4.39 Å². The molecular formula is C14H22BrFN2. The SMILES string of the molecule is CCCC(C)N(C)C(CN)c1ccc(Br)cc1F. The number of hydrogen-bond donors (Lipinski definition) is 1. The van der Waals surface area contributed by atoms with Crippen molar-refractivity contribution in [2.75, 3.05) is 13.6 Å². The molecule has 0 spiro atoms. The number of nitrogens with two attached hydrogens (primary N) is 1. The smallest absolute Gasteiger partial charge is 0.129 e. The molecule has 0 aromatic heterocycles. The van der Waals surface area contributed by atoms with Crippen LogP contribution in [0.3, 0.4) is 0 Å². The first-order chi connectivity index (χ1) is 8.51. The van der Waals surface area contributed by atoms with E-state index in [1.54, 1.807) is 0 Å². The van der Waals surface area contributed by atoms with Crippen LogP contribution in [0.2, 0.25) is 0 Å². The highest BCUT2D eigenvalue weighted by molar-refractivity contribution is 9.10. The second kappa shape index (κ2) is 7.22. The average molecular weight is 317 g/mol. The zero-order valence-electron chi connectivity index (χ0n) is 11.3. The van der Waals surface area contributed by atoms with E-state index >= 15 is 0 Å². The molecule has 2 N–H and O–H groups in total. The van der Waals surface area contributed by atoms with Crippen LogP contribution in [0.15, 0.2) is 22.7 Å². The molecule has 4 heteroatoms. The maximum Gasteiger partial charge on any atom is 0.129 e. The molecule has 0 aliphatic rings. The van der Waals surface area contributed by atoms with E-state index < -0.39 is 0 Å². The van der Waals surface area contributed by atoms with Crippen molar-refractivity contribution in [3.63, 3.8) is 0 Å². The van der Waals surface area contributed by atoms with Crippen molar-refractivity contribution in [3.8, 4) is 0 Å². The van der Waals surface area contributed by atoms with Gasteiger partial charge in [0.15, 0.2) is 0 Å². The van der Waals surface area contributed by atoms with Crippen LogP contribution in [-0.4, -0.2) is 24.5 Å². The fraction of sp³-hybridized carbons (Fsp3) is 0.571. The van der Waals surface area contributed by atoms with Gasteiger partial charge in [-0.15, -0.1) is 0 Å². The van der Waals surface area contributed by atoms with Gasteiger partial charge in [-0.3, -0.25) is 4.90 Å². The fourth-order valence-corrected chi connectivity index (χ4v) is 2.55. The minimum atomic E-state index is -0.199. The molecule has 1 aromatic rings. The molecular weight excluding hydrogens is 295 g/mol. The van der Waals surface area contributed by atoms with E-state index in [1.807, 2.05) is 19.2 Å². The van der Waals surface area contributed by atoms with Gasteiger partial charge in [0, 0.05) is 28.7 Å². The average Bonchev–Trinajstić information content (AvgIpc) is 2.32. The van der Waals surface area contributed by atoms with Gasteiger partial charge in [0.1, 0.15) is 5.82 Å². The van der Waals surface area contributed by atoms with Crippen LogP contribution in [0.1, 0.15) is 38.3 Å². The molecule has 1 aromatic carbocycles. The number of rotatable bonds is 6. The molecule has 2 unspecified atom stereocenters. The maximum atomic E-state index is 14.0. The Kier molecular flexibility index (Phi) is 6.26. The Morgan fingerprint density at radius 1 is 1.44 bits per heavy atom. The van der Waals surface area contributed by atoms with E-state index in [2.05, 4.69) is 34.7 Å². The highest BCUT2D eigenvalue weighted by Gasteiger charge is 2.22. The van der Waals surface area contributed by atoms with Gasteiger partial charge in [-0.25, -0.2) is 4.39 Å². The molecule has 0 aliphatic heterocycles. The molecule has 18 heavy (non-hydrogen) atoms. The zero-order valence-corrected chi connectivity index (χ0v) is 12.9. The Morgan fingerprint density at radius 3 is 2.61 bits per heavy atom. The second-order valence-electron chi connectivity index (χ2n) is 4.72. The quantitative estimate of drug-likeness (QED) is 0.867. The summed E-state index contributed by atoms with van der Waals surface area (Å²) in [7, 11) is 2.01. The van der Waals surface area contributed by atoms with Crippen LogP contribution in [0.25, 0.3) is 0 Å². The monoisotopic (exact) mass is 316 g/mol. The van der Waals surface area contributed by atoms with Crippen molar-refractivity contribution < 1.29 is 4.39 Å². The molecule has 0 bridgehead atoms. The lowest BCUT2D eigenvalue weighted by atomic mass is 10.0. The topological polar surface area (TPSA) is 29.3 Å². The standard InChI is InChI=1S/C14H22BrFN2/c1-4-5-10(2)18(3)14(9-17)12-7-6-11(15)8-13(12)16/h6-8,10,14H,4-5,9,17H2,1-3H3. The lowest BCUT2D eigenvalue weighted by Crippen LogP contribution is -2.37. The van der Waals surface area contributed by atoms with Crippen LogP contribution < -0.4 is 5.73 Å². The third-order valence-corrected chi connectivity index (χ3v) is 3.93. The summed E-state index contributed by atoms with van der Waals surface area (Å²) in [5.74, 6) is -0.199. The van der Waals surface area contributed by atoms with Gasteiger partial charge >= 0.3 is 0 Å². The molecule has 0 amide bonds. The van der Waals surface area contributed by atoms with E-state index in [-0.39, 0.29) is 11.9 Å². The summed E-state index contributed by atoms with van der Waals surface area (Å²) >= 11 is 3.27. The van der Waals surface area contributed by atoms with Gasteiger partial charge in [-0.05, 0) is 32.5 Å². The molecule has 0 heterocycles. The predicted octanol–water partition coefficient (Wildman–Crippen LogP) is 3.71. The first-order valence-electron chi connectivity index (χ1n) is 6.38. The summed E-state index contributed by atoms with van der Waals surface area (Å²) < 4.78 is 14.7. The van der Waals surface area contributed by atoms with E-state index in [0.717, 1.165) is 17.3 Å². The summed E-state index contributed by atoms with van der Waals surface area (Å²) in [4.78, 5) is 2.16. The van der Waals surface area contributed by atoms with Gasteiger partial charge in [0.25, 0.3) is 0 Å². The lowest BCUT2D eigenvalue weighted by molar-refractivity contribution is 0.176. The highest BCUT2D eigenvalue weighted by Crippen LogP contribution is 2.26. The zero-order chi connectivity index (χ0) is 13.7. The number of nitrogens with zero attached hydrogens (tertiary/aromatic N) is 1. The second-order valence-corrected chi connectivity index (χ2v) is 5.64. The van der Waals surface area contributed by atoms with Gasteiger partial charge < -0.3 is 5.73 Å². The van der Waals surface area contributed by atoms with Crippen molar-refractivity contribution in [1.82, 2.24) is 4.90 Å². The van der Waals surface area contributed by atoms with Gasteiger partial charge in [0.05, 0.1) is 0 Å². The number of halogens is 2. The molecule has 102 valence electrons. The molecule has 0 aliphatic carbocycles.